The van der Waals surface area contributed by atoms with Crippen molar-refractivity contribution < 1.29 is 0 Å². The van der Waals surface area contributed by atoms with Crippen molar-refractivity contribution in [2.24, 2.45) is 4.99 Å². The lowest BCUT2D eigenvalue weighted by Gasteiger charge is -1.89. The van der Waals surface area contributed by atoms with Gasteiger partial charge in [-0.3, -0.25) is 4.99 Å². The Morgan fingerprint density at radius 3 is 2.67 bits per heavy atom. The molecule has 0 aromatic heterocycles. The van der Waals surface area contributed by atoms with Crippen LogP contribution in [-0.4, -0.2) is 12.8 Å². The lowest BCUT2D eigenvalue weighted by molar-refractivity contribution is 1.19. The highest BCUT2D eigenvalue weighted by atomic mass is 14.7. The third-order valence-corrected chi connectivity index (χ3v) is 0.879. The maximum absolute atomic E-state index is 4.01. The summed E-state index contributed by atoms with van der Waals surface area (Å²) in [6.07, 6.45) is 5.72. The zero-order valence-electron chi connectivity index (χ0n) is 6.09. The Bertz CT molecular complexity index is 132. The molecule has 0 saturated heterocycles. The summed E-state index contributed by atoms with van der Waals surface area (Å²) >= 11 is 0. The Morgan fingerprint density at radius 1 is 1.56 bits per heavy atom. The SMILES string of the molecule is C=C(C=CC)CN=CC. The molecule has 50 valence electrons. The minimum absolute atomic E-state index is 0.723. The fourth-order valence-corrected chi connectivity index (χ4v) is 0.497. The van der Waals surface area contributed by atoms with E-state index >= 15 is 0 Å². The molecule has 0 aromatic carbocycles. The van der Waals surface area contributed by atoms with Crippen LogP contribution in [0, 0.1) is 0 Å². The lowest BCUT2D eigenvalue weighted by Crippen LogP contribution is -1.80. The summed E-state index contributed by atoms with van der Waals surface area (Å²) in [4.78, 5) is 4.01. The minimum atomic E-state index is 0.723. The molecule has 0 unspecified atom stereocenters. The standard InChI is InChI=1S/C8H13N/c1-4-6-8(3)7-9-5-2/h4-6H,3,7H2,1-2H3. The molecule has 0 spiro atoms. The molecule has 0 saturated carbocycles. The van der Waals surface area contributed by atoms with E-state index in [2.05, 4.69) is 11.6 Å². The highest BCUT2D eigenvalue weighted by molar-refractivity contribution is 5.53. The zero-order chi connectivity index (χ0) is 7.11. The topological polar surface area (TPSA) is 12.4 Å². The quantitative estimate of drug-likeness (QED) is 0.403. The van der Waals surface area contributed by atoms with Crippen molar-refractivity contribution in [1.82, 2.24) is 0 Å². The molecule has 0 rings (SSSR count). The molecule has 0 aromatic rings. The second kappa shape index (κ2) is 5.29. The van der Waals surface area contributed by atoms with Gasteiger partial charge in [0.05, 0.1) is 6.54 Å². The third kappa shape index (κ3) is 5.01. The van der Waals surface area contributed by atoms with Gasteiger partial charge in [0.25, 0.3) is 0 Å². The first kappa shape index (κ1) is 8.15. The van der Waals surface area contributed by atoms with E-state index in [0.717, 1.165) is 12.1 Å². The van der Waals surface area contributed by atoms with E-state index < -0.39 is 0 Å². The number of hydrogen-bond acceptors (Lipinski definition) is 1. The van der Waals surface area contributed by atoms with Crippen molar-refractivity contribution in [1.29, 1.82) is 0 Å². The molecule has 0 aliphatic heterocycles. The molecule has 0 heterocycles. The van der Waals surface area contributed by atoms with Gasteiger partial charge < -0.3 is 0 Å². The smallest absolute Gasteiger partial charge is 0.0629 e. The van der Waals surface area contributed by atoms with E-state index in [1.807, 2.05) is 26.0 Å². The van der Waals surface area contributed by atoms with Crippen molar-refractivity contribution in [2.75, 3.05) is 6.54 Å². The number of allylic oxidation sites excluding steroid dienone is 1. The maximum Gasteiger partial charge on any atom is 0.0629 e. The molecule has 0 N–H and O–H groups in total. The van der Waals surface area contributed by atoms with Crippen LogP contribution in [0.3, 0.4) is 0 Å². The lowest BCUT2D eigenvalue weighted by atomic mass is 10.3. The van der Waals surface area contributed by atoms with Crippen LogP contribution in [-0.2, 0) is 0 Å². The summed E-state index contributed by atoms with van der Waals surface area (Å²) in [7, 11) is 0. The van der Waals surface area contributed by atoms with E-state index in [1.165, 1.54) is 0 Å². The molecule has 1 nitrogen and oxygen atoms in total. The van der Waals surface area contributed by atoms with Crippen LogP contribution in [0.1, 0.15) is 13.8 Å². The van der Waals surface area contributed by atoms with Gasteiger partial charge >= 0.3 is 0 Å². The van der Waals surface area contributed by atoms with Crippen LogP contribution >= 0.6 is 0 Å². The zero-order valence-corrected chi connectivity index (χ0v) is 6.09. The maximum atomic E-state index is 4.01. The van der Waals surface area contributed by atoms with Crippen LogP contribution in [0.2, 0.25) is 0 Å². The highest BCUT2D eigenvalue weighted by Crippen LogP contribution is 1.91. The van der Waals surface area contributed by atoms with Crippen molar-refractivity contribution in [3.05, 3.63) is 24.3 Å². The van der Waals surface area contributed by atoms with Crippen molar-refractivity contribution in [3.63, 3.8) is 0 Å². The monoisotopic (exact) mass is 123 g/mol. The molecule has 0 aliphatic carbocycles. The van der Waals surface area contributed by atoms with Gasteiger partial charge in [-0.1, -0.05) is 18.7 Å². The van der Waals surface area contributed by atoms with Gasteiger partial charge in [-0.05, 0) is 25.6 Å². The fourth-order valence-electron chi connectivity index (χ4n) is 0.497. The summed E-state index contributed by atoms with van der Waals surface area (Å²) < 4.78 is 0. The van der Waals surface area contributed by atoms with Gasteiger partial charge in [-0.2, -0.15) is 0 Å². The van der Waals surface area contributed by atoms with Gasteiger partial charge in [0.1, 0.15) is 0 Å². The van der Waals surface area contributed by atoms with Crippen LogP contribution in [0.15, 0.2) is 29.3 Å². The summed E-state index contributed by atoms with van der Waals surface area (Å²) in [5.41, 5.74) is 1.05. The molecule has 0 fully saturated rings. The molecular formula is C8H13N. The normalized spacial score (nSPS) is 11.3. The second-order valence-electron chi connectivity index (χ2n) is 1.76. The highest BCUT2D eigenvalue weighted by Gasteiger charge is 1.79. The van der Waals surface area contributed by atoms with Crippen LogP contribution in [0.5, 0.6) is 0 Å². The van der Waals surface area contributed by atoms with Crippen LogP contribution < -0.4 is 0 Å². The summed E-state index contributed by atoms with van der Waals surface area (Å²) in [5.74, 6) is 0. The van der Waals surface area contributed by atoms with Crippen molar-refractivity contribution in [3.8, 4) is 0 Å². The Balaban J connectivity index is 3.51. The molecule has 0 aliphatic rings. The predicted molar refractivity (Wildman–Crippen MR) is 43.0 cm³/mol. The Hall–Kier alpha value is -0.850. The molecular weight excluding hydrogens is 110 g/mol. The number of aliphatic imine (C=N–C) groups is 1. The summed E-state index contributed by atoms with van der Waals surface area (Å²) in [6, 6.07) is 0. The average Bonchev–Trinajstić information content (AvgIpc) is 1.85. The van der Waals surface area contributed by atoms with Crippen molar-refractivity contribution in [2.45, 2.75) is 13.8 Å². The van der Waals surface area contributed by atoms with E-state index in [4.69, 9.17) is 0 Å². The van der Waals surface area contributed by atoms with Gasteiger partial charge in [-0.25, -0.2) is 0 Å². The number of rotatable bonds is 3. The molecule has 0 atom stereocenters. The average molecular weight is 123 g/mol. The van der Waals surface area contributed by atoms with E-state index in [9.17, 15) is 0 Å². The summed E-state index contributed by atoms with van der Waals surface area (Å²) in [6.45, 7) is 8.38. The Morgan fingerprint density at radius 2 is 2.22 bits per heavy atom. The van der Waals surface area contributed by atoms with Crippen LogP contribution in [0.25, 0.3) is 0 Å². The third-order valence-electron chi connectivity index (χ3n) is 0.879. The largest absolute Gasteiger partial charge is 0.293 e. The molecule has 0 radical (unpaired) electrons. The van der Waals surface area contributed by atoms with Crippen molar-refractivity contribution >= 4 is 6.21 Å². The van der Waals surface area contributed by atoms with Gasteiger partial charge in [0.15, 0.2) is 0 Å². The minimum Gasteiger partial charge on any atom is -0.293 e. The molecule has 1 heteroatoms. The molecule has 0 amide bonds. The van der Waals surface area contributed by atoms with E-state index in [-0.39, 0.29) is 0 Å². The van der Waals surface area contributed by atoms with Crippen LogP contribution in [0.4, 0.5) is 0 Å². The van der Waals surface area contributed by atoms with E-state index in [0.29, 0.717) is 0 Å². The van der Waals surface area contributed by atoms with Gasteiger partial charge in [-0.15, -0.1) is 0 Å². The number of hydrogen-bond donors (Lipinski definition) is 0. The predicted octanol–water partition coefficient (Wildman–Crippen LogP) is 2.21. The van der Waals surface area contributed by atoms with Gasteiger partial charge in [0.2, 0.25) is 0 Å². The second-order valence-corrected chi connectivity index (χ2v) is 1.76. The first-order valence-corrected chi connectivity index (χ1v) is 3.06. The summed E-state index contributed by atoms with van der Waals surface area (Å²) in [5, 5.41) is 0. The first-order chi connectivity index (χ1) is 4.31. The number of nitrogens with zero attached hydrogens (tertiary/aromatic N) is 1. The molecule has 0 bridgehead atoms. The fraction of sp³-hybridized carbons (Fsp3) is 0.375. The van der Waals surface area contributed by atoms with E-state index in [1.54, 1.807) is 6.21 Å². The Kier molecular flexibility index (Phi) is 4.79. The Labute approximate surface area is 56.8 Å². The van der Waals surface area contributed by atoms with Gasteiger partial charge in [0, 0.05) is 0 Å². The molecule has 9 heavy (non-hydrogen) atoms. The first-order valence-electron chi connectivity index (χ1n) is 3.06.